The van der Waals surface area contributed by atoms with Gasteiger partial charge in [-0.2, -0.15) is 0 Å². The van der Waals surface area contributed by atoms with Crippen LogP contribution in [-0.2, 0) is 9.59 Å². The molecule has 134 valence electrons. The zero-order valence-electron chi connectivity index (χ0n) is 14.3. The minimum absolute atomic E-state index is 0.187. The summed E-state index contributed by atoms with van der Waals surface area (Å²) in [5.74, 6) is 0.672. The summed E-state index contributed by atoms with van der Waals surface area (Å²) in [7, 11) is 0. The number of rotatable bonds is 6. The number of ether oxygens (including phenoxy) is 2. The summed E-state index contributed by atoms with van der Waals surface area (Å²) in [4.78, 5) is 23.9. The minimum atomic E-state index is -0.342. The molecule has 0 fully saturated rings. The van der Waals surface area contributed by atoms with Crippen LogP contribution >= 0.6 is 0 Å². The van der Waals surface area contributed by atoms with Crippen LogP contribution in [0.15, 0.2) is 29.8 Å². The Bertz CT molecular complexity index is 669. The summed E-state index contributed by atoms with van der Waals surface area (Å²) >= 11 is 0. The van der Waals surface area contributed by atoms with Gasteiger partial charge >= 0.3 is 0 Å². The van der Waals surface area contributed by atoms with Crippen molar-refractivity contribution in [3.63, 3.8) is 0 Å². The van der Waals surface area contributed by atoms with Gasteiger partial charge in [0.1, 0.15) is 19.6 Å². The van der Waals surface area contributed by atoms with E-state index in [9.17, 15) is 9.59 Å². The summed E-state index contributed by atoms with van der Waals surface area (Å²) in [6, 6.07) is 5.20. The van der Waals surface area contributed by atoms with Crippen LogP contribution in [0.5, 0.6) is 11.5 Å². The zero-order chi connectivity index (χ0) is 17.5. The summed E-state index contributed by atoms with van der Waals surface area (Å²) in [6.07, 6.45) is 7.71. The molecule has 0 atom stereocenters. The van der Waals surface area contributed by atoms with Crippen LogP contribution in [0.25, 0.3) is 0 Å². The Hall–Kier alpha value is -2.50. The Morgan fingerprint density at radius 3 is 2.68 bits per heavy atom. The number of amides is 2. The van der Waals surface area contributed by atoms with E-state index in [2.05, 4.69) is 16.7 Å². The monoisotopic (exact) mass is 344 g/mol. The minimum Gasteiger partial charge on any atom is -0.486 e. The molecule has 1 aromatic carbocycles. The highest BCUT2D eigenvalue weighted by Crippen LogP contribution is 2.32. The average Bonchev–Trinajstić information content (AvgIpc) is 2.62. The van der Waals surface area contributed by atoms with Crippen molar-refractivity contribution in [1.82, 2.24) is 5.32 Å². The zero-order valence-corrected chi connectivity index (χ0v) is 14.3. The fraction of sp³-hybridized carbons (Fsp3) is 0.474. The first-order valence-corrected chi connectivity index (χ1v) is 8.85. The van der Waals surface area contributed by atoms with Gasteiger partial charge in [0.05, 0.1) is 0 Å². The molecule has 0 bridgehead atoms. The van der Waals surface area contributed by atoms with Crippen molar-refractivity contribution >= 4 is 17.5 Å². The average molecular weight is 344 g/mol. The molecule has 1 heterocycles. The third-order valence-electron chi connectivity index (χ3n) is 4.30. The Morgan fingerprint density at radius 1 is 1.04 bits per heavy atom. The van der Waals surface area contributed by atoms with Crippen LogP contribution < -0.4 is 20.1 Å². The van der Waals surface area contributed by atoms with Crippen molar-refractivity contribution in [3.8, 4) is 11.5 Å². The van der Waals surface area contributed by atoms with E-state index in [1.807, 2.05) is 0 Å². The first-order chi connectivity index (χ1) is 12.2. The van der Waals surface area contributed by atoms with E-state index in [1.54, 1.807) is 18.2 Å². The first kappa shape index (κ1) is 17.3. The second-order valence-corrected chi connectivity index (χ2v) is 6.29. The maximum absolute atomic E-state index is 12.0. The van der Waals surface area contributed by atoms with E-state index < -0.39 is 0 Å². The highest BCUT2D eigenvalue weighted by Gasteiger charge is 2.14. The first-order valence-electron chi connectivity index (χ1n) is 8.85. The maximum Gasteiger partial charge on any atom is 0.233 e. The van der Waals surface area contributed by atoms with Crippen LogP contribution in [0.2, 0.25) is 0 Å². The molecule has 6 heteroatoms. The third-order valence-corrected chi connectivity index (χ3v) is 4.30. The largest absolute Gasteiger partial charge is 0.486 e. The lowest BCUT2D eigenvalue weighted by molar-refractivity contribution is -0.126. The van der Waals surface area contributed by atoms with Crippen LogP contribution in [0.4, 0.5) is 5.69 Å². The molecular weight excluding hydrogens is 320 g/mol. The Morgan fingerprint density at radius 2 is 1.88 bits per heavy atom. The second kappa shape index (κ2) is 8.55. The lowest BCUT2D eigenvalue weighted by Gasteiger charge is -2.19. The third kappa shape index (κ3) is 5.24. The van der Waals surface area contributed by atoms with Gasteiger partial charge in [-0.3, -0.25) is 9.59 Å². The number of anilines is 1. The van der Waals surface area contributed by atoms with Crippen molar-refractivity contribution in [2.24, 2.45) is 0 Å². The van der Waals surface area contributed by atoms with Crippen LogP contribution in [0.3, 0.4) is 0 Å². The topological polar surface area (TPSA) is 76.7 Å². The Kier molecular flexibility index (Phi) is 5.93. The molecule has 0 spiro atoms. The summed E-state index contributed by atoms with van der Waals surface area (Å²) < 4.78 is 10.9. The number of hydrogen-bond donors (Lipinski definition) is 2. The number of benzene rings is 1. The number of hydrogen-bond acceptors (Lipinski definition) is 4. The predicted molar refractivity (Wildman–Crippen MR) is 94.9 cm³/mol. The molecule has 1 aromatic rings. The van der Waals surface area contributed by atoms with Gasteiger partial charge < -0.3 is 20.1 Å². The summed E-state index contributed by atoms with van der Waals surface area (Å²) in [5.41, 5.74) is 2.00. The van der Waals surface area contributed by atoms with Crippen molar-refractivity contribution in [1.29, 1.82) is 0 Å². The molecule has 25 heavy (non-hydrogen) atoms. The highest BCUT2D eigenvalue weighted by molar-refractivity contribution is 6.03. The summed E-state index contributed by atoms with van der Waals surface area (Å²) in [5, 5.41) is 5.53. The van der Waals surface area contributed by atoms with Gasteiger partial charge in [-0.05, 0) is 44.2 Å². The molecule has 6 nitrogen and oxygen atoms in total. The molecule has 0 radical (unpaired) electrons. The van der Waals surface area contributed by atoms with Gasteiger partial charge in [-0.25, -0.2) is 0 Å². The SMILES string of the molecule is O=C(CC(=O)Nc1ccc2c(c1)OCCO2)NCCC1=CCCCC1. The molecule has 2 N–H and O–H groups in total. The van der Waals surface area contributed by atoms with E-state index in [0.717, 1.165) is 19.3 Å². The Balaban J connectivity index is 1.41. The smallest absolute Gasteiger partial charge is 0.233 e. The molecule has 1 aliphatic heterocycles. The standard InChI is InChI=1S/C19H24N2O4/c22-18(20-9-8-14-4-2-1-3-5-14)13-19(23)21-15-6-7-16-17(12-15)25-11-10-24-16/h4,6-7,12H,1-3,5,8-11,13H2,(H,20,22)(H,21,23). The van der Waals surface area contributed by atoms with Crippen LogP contribution in [0, 0.1) is 0 Å². The molecule has 2 aliphatic rings. The van der Waals surface area contributed by atoms with Gasteiger partial charge in [0.15, 0.2) is 11.5 Å². The van der Waals surface area contributed by atoms with E-state index in [1.165, 1.54) is 18.4 Å². The van der Waals surface area contributed by atoms with Crippen LogP contribution in [0.1, 0.15) is 38.5 Å². The summed E-state index contributed by atoms with van der Waals surface area (Å²) in [6.45, 7) is 1.60. The van der Waals surface area contributed by atoms with Gasteiger partial charge in [-0.1, -0.05) is 11.6 Å². The predicted octanol–water partition coefficient (Wildman–Crippen LogP) is 2.79. The van der Waals surface area contributed by atoms with E-state index in [0.29, 0.717) is 36.9 Å². The fourth-order valence-corrected chi connectivity index (χ4v) is 3.03. The number of allylic oxidation sites excluding steroid dienone is 1. The molecule has 0 aromatic heterocycles. The van der Waals surface area contributed by atoms with Crippen molar-refractivity contribution < 1.29 is 19.1 Å². The fourth-order valence-electron chi connectivity index (χ4n) is 3.03. The number of fused-ring (bicyclic) bond motifs is 1. The maximum atomic E-state index is 12.0. The molecule has 0 saturated carbocycles. The van der Waals surface area contributed by atoms with E-state index >= 15 is 0 Å². The molecule has 0 unspecified atom stereocenters. The van der Waals surface area contributed by atoms with E-state index in [4.69, 9.17) is 9.47 Å². The lowest BCUT2D eigenvalue weighted by Crippen LogP contribution is -2.29. The molecular formula is C19H24N2O4. The number of carbonyl (C=O) groups excluding carboxylic acids is 2. The molecule has 3 rings (SSSR count). The second-order valence-electron chi connectivity index (χ2n) is 6.29. The normalized spacial score (nSPS) is 15.9. The van der Waals surface area contributed by atoms with Crippen molar-refractivity contribution in [2.45, 2.75) is 38.5 Å². The molecule has 0 saturated heterocycles. The van der Waals surface area contributed by atoms with Gasteiger partial charge in [0.25, 0.3) is 0 Å². The highest BCUT2D eigenvalue weighted by atomic mass is 16.6. The number of carbonyl (C=O) groups is 2. The number of nitrogens with one attached hydrogen (secondary N) is 2. The van der Waals surface area contributed by atoms with Crippen molar-refractivity contribution in [3.05, 3.63) is 29.8 Å². The molecule has 1 aliphatic carbocycles. The van der Waals surface area contributed by atoms with Crippen LogP contribution in [-0.4, -0.2) is 31.6 Å². The molecule has 2 amide bonds. The lowest BCUT2D eigenvalue weighted by atomic mass is 9.97. The van der Waals surface area contributed by atoms with Gasteiger partial charge in [-0.15, -0.1) is 0 Å². The van der Waals surface area contributed by atoms with Gasteiger partial charge in [0.2, 0.25) is 11.8 Å². The Labute approximate surface area is 147 Å². The van der Waals surface area contributed by atoms with Gasteiger partial charge in [0, 0.05) is 18.3 Å². The van der Waals surface area contributed by atoms with Crippen molar-refractivity contribution in [2.75, 3.05) is 25.1 Å². The quantitative estimate of drug-likeness (QED) is 0.614. The van der Waals surface area contributed by atoms with E-state index in [-0.39, 0.29) is 18.2 Å².